The molecular weight excluding hydrogens is 245 g/mol. The number of pyridine rings is 1. The third-order valence-electron chi connectivity index (χ3n) is 2.46. The van der Waals surface area contributed by atoms with Crippen molar-refractivity contribution in [3.05, 3.63) is 34.6 Å². The predicted molar refractivity (Wildman–Crippen MR) is 63.3 cm³/mol. The van der Waals surface area contributed by atoms with Gasteiger partial charge >= 0.3 is 35.5 Å². The first-order valence-corrected chi connectivity index (χ1v) is 5.01. The third-order valence-corrected chi connectivity index (χ3v) is 2.46. The number of hydrogen-bond donors (Lipinski definition) is 1. The molecule has 1 N–H and O–H groups in total. The molecular formula is C12H12NNaO4. The maximum atomic E-state index is 11.9. The molecule has 6 heteroatoms. The van der Waals surface area contributed by atoms with Crippen LogP contribution in [0.2, 0.25) is 0 Å². The van der Waals surface area contributed by atoms with Gasteiger partial charge < -0.3 is 11.3 Å². The molecule has 5 nitrogen and oxygen atoms in total. The molecule has 0 amide bonds. The van der Waals surface area contributed by atoms with Crippen molar-refractivity contribution in [1.29, 1.82) is 0 Å². The fourth-order valence-electron chi connectivity index (χ4n) is 1.68. The number of benzene rings is 1. The minimum Gasteiger partial charge on any atom is -1.00 e. The second kappa shape index (κ2) is 5.56. The van der Waals surface area contributed by atoms with E-state index in [4.69, 9.17) is 4.74 Å². The monoisotopic (exact) mass is 257 g/mol. The van der Waals surface area contributed by atoms with Gasteiger partial charge in [-0.15, -0.1) is 0 Å². The normalized spacial score (nSPS) is 9.89. The van der Waals surface area contributed by atoms with Gasteiger partial charge in [-0.3, -0.25) is 14.2 Å². The van der Waals surface area contributed by atoms with Crippen LogP contribution < -0.4 is 39.9 Å². The molecule has 2 aromatic rings. The molecule has 0 aliphatic rings. The molecule has 1 aromatic carbocycles. The van der Waals surface area contributed by atoms with E-state index in [9.17, 15) is 14.7 Å². The zero-order chi connectivity index (χ0) is 12.6. The van der Waals surface area contributed by atoms with Crippen molar-refractivity contribution >= 4 is 16.7 Å². The number of ether oxygens (including phenoxy) is 1. The molecule has 90 valence electrons. The number of carbonyl (C=O) groups is 1. The van der Waals surface area contributed by atoms with E-state index in [0.29, 0.717) is 10.8 Å². The van der Waals surface area contributed by atoms with E-state index in [1.54, 1.807) is 24.3 Å². The van der Waals surface area contributed by atoms with Crippen LogP contribution in [0.3, 0.4) is 0 Å². The van der Waals surface area contributed by atoms with Crippen LogP contribution in [-0.4, -0.2) is 15.6 Å². The second-order valence-corrected chi connectivity index (χ2v) is 3.66. The van der Waals surface area contributed by atoms with Gasteiger partial charge in [-0.25, -0.2) is 0 Å². The van der Waals surface area contributed by atoms with E-state index in [1.165, 1.54) is 14.0 Å². The van der Waals surface area contributed by atoms with Gasteiger partial charge in [0.25, 0.3) is 5.56 Å². The van der Waals surface area contributed by atoms with E-state index in [1.807, 2.05) is 0 Å². The number of nitrogens with zero attached hydrogens (tertiary/aromatic N) is 1. The number of fused-ring (bicyclic) bond motifs is 1. The van der Waals surface area contributed by atoms with Crippen LogP contribution in [0.25, 0.3) is 10.8 Å². The number of rotatable bonds is 1. The van der Waals surface area contributed by atoms with Crippen molar-refractivity contribution in [2.24, 2.45) is 7.05 Å². The molecule has 0 spiro atoms. The van der Waals surface area contributed by atoms with Crippen molar-refractivity contribution in [2.75, 3.05) is 0 Å². The number of carbonyl (C=O) groups excluding carboxylic acids is 1. The Morgan fingerprint density at radius 1 is 1.33 bits per heavy atom. The van der Waals surface area contributed by atoms with Gasteiger partial charge in [-0.2, -0.15) is 0 Å². The van der Waals surface area contributed by atoms with Gasteiger partial charge in [0.1, 0.15) is 0 Å². The Kier molecular flexibility index (Phi) is 4.56. The molecule has 2 rings (SSSR count). The fourth-order valence-corrected chi connectivity index (χ4v) is 1.68. The molecule has 1 heterocycles. The summed E-state index contributed by atoms with van der Waals surface area (Å²) in [6.45, 7) is 1.21. The van der Waals surface area contributed by atoms with Crippen molar-refractivity contribution < 1.29 is 45.6 Å². The Morgan fingerprint density at radius 3 is 2.44 bits per heavy atom. The summed E-state index contributed by atoms with van der Waals surface area (Å²) in [5.74, 6) is -0.940. The van der Waals surface area contributed by atoms with Crippen molar-refractivity contribution in [3.63, 3.8) is 0 Å². The van der Waals surface area contributed by atoms with Gasteiger partial charge in [-0.1, -0.05) is 18.2 Å². The molecule has 18 heavy (non-hydrogen) atoms. The van der Waals surface area contributed by atoms with E-state index in [0.717, 1.165) is 4.57 Å². The maximum absolute atomic E-state index is 11.9. The summed E-state index contributed by atoms with van der Waals surface area (Å²) in [6, 6.07) is 6.60. The Balaban J connectivity index is 0.00000162. The zero-order valence-corrected chi connectivity index (χ0v) is 12.4. The Morgan fingerprint density at radius 2 is 1.89 bits per heavy atom. The van der Waals surface area contributed by atoms with Crippen LogP contribution in [0.1, 0.15) is 8.35 Å². The standard InChI is InChI=1S/C12H11NO4.Na.H/c1-7(14)17-12-10(15)8-5-3-4-6-9(8)11(16)13(12)2;;/h3-6,15H,1-2H3;;/q;+1;-1. The SMILES string of the molecule is CC(=O)Oc1c(O)c2ccccc2c(=O)n1C.[H-].[Na+]. The molecule has 0 aliphatic heterocycles. The maximum Gasteiger partial charge on any atom is 1.00 e. The zero-order valence-electron chi connectivity index (χ0n) is 11.4. The summed E-state index contributed by atoms with van der Waals surface area (Å²) in [6.07, 6.45) is 0. The van der Waals surface area contributed by atoms with Crippen LogP contribution in [-0.2, 0) is 11.8 Å². The van der Waals surface area contributed by atoms with Crippen molar-refractivity contribution in [3.8, 4) is 11.6 Å². The fraction of sp³-hybridized carbons (Fsp3) is 0.167. The van der Waals surface area contributed by atoms with Crippen molar-refractivity contribution in [1.82, 2.24) is 4.57 Å². The second-order valence-electron chi connectivity index (χ2n) is 3.66. The topological polar surface area (TPSA) is 68.5 Å². The minimum absolute atomic E-state index is 0. The van der Waals surface area contributed by atoms with Crippen LogP contribution in [0.15, 0.2) is 29.1 Å². The average molecular weight is 257 g/mol. The van der Waals surface area contributed by atoms with Crippen LogP contribution in [0, 0.1) is 0 Å². The van der Waals surface area contributed by atoms with Gasteiger partial charge in [0.05, 0.1) is 5.39 Å². The summed E-state index contributed by atoms with van der Waals surface area (Å²) in [4.78, 5) is 22.9. The first-order valence-electron chi connectivity index (χ1n) is 5.01. The Labute approximate surface area is 127 Å². The Bertz CT molecular complexity index is 669. The summed E-state index contributed by atoms with van der Waals surface area (Å²) in [7, 11) is 1.44. The molecule has 0 saturated carbocycles. The smallest absolute Gasteiger partial charge is 1.00 e. The number of hydrogen-bond acceptors (Lipinski definition) is 4. The van der Waals surface area contributed by atoms with E-state index < -0.39 is 5.97 Å². The summed E-state index contributed by atoms with van der Waals surface area (Å²) < 4.78 is 5.95. The summed E-state index contributed by atoms with van der Waals surface area (Å²) >= 11 is 0. The van der Waals surface area contributed by atoms with Gasteiger partial charge in [0.2, 0.25) is 5.88 Å². The summed E-state index contributed by atoms with van der Waals surface area (Å²) in [5.41, 5.74) is -0.324. The van der Waals surface area contributed by atoms with Gasteiger partial charge in [0, 0.05) is 19.4 Å². The van der Waals surface area contributed by atoms with Gasteiger partial charge in [-0.05, 0) is 6.07 Å². The molecule has 0 aliphatic carbocycles. The third kappa shape index (κ3) is 2.43. The molecule has 0 bridgehead atoms. The van der Waals surface area contributed by atoms with E-state index in [-0.39, 0.29) is 48.2 Å². The molecule has 0 fully saturated rings. The van der Waals surface area contributed by atoms with Crippen LogP contribution >= 0.6 is 0 Å². The van der Waals surface area contributed by atoms with E-state index in [2.05, 4.69) is 0 Å². The molecule has 0 radical (unpaired) electrons. The first kappa shape index (κ1) is 14.8. The largest absolute Gasteiger partial charge is 1.00 e. The van der Waals surface area contributed by atoms with E-state index >= 15 is 0 Å². The molecule has 0 saturated heterocycles. The number of esters is 1. The number of aromatic nitrogens is 1. The average Bonchev–Trinajstić information content (AvgIpc) is 2.31. The van der Waals surface area contributed by atoms with Crippen LogP contribution in [0.4, 0.5) is 0 Å². The van der Waals surface area contributed by atoms with Crippen LogP contribution in [0.5, 0.6) is 11.6 Å². The summed E-state index contributed by atoms with van der Waals surface area (Å²) in [5, 5.41) is 10.7. The first-order chi connectivity index (χ1) is 8.02. The predicted octanol–water partition coefficient (Wildman–Crippen LogP) is -1.71. The molecule has 0 unspecified atom stereocenters. The Hall–Kier alpha value is -1.30. The molecule has 0 atom stereocenters. The minimum atomic E-state index is -0.592. The molecule has 1 aromatic heterocycles. The quantitative estimate of drug-likeness (QED) is 0.488. The van der Waals surface area contributed by atoms with Crippen molar-refractivity contribution in [2.45, 2.75) is 6.92 Å². The van der Waals surface area contributed by atoms with Gasteiger partial charge in [0.15, 0.2) is 5.75 Å². The number of aromatic hydroxyl groups is 1.